The second-order valence-corrected chi connectivity index (χ2v) is 8.16. The highest BCUT2D eigenvalue weighted by atomic mass is 35.5. The normalized spacial score (nSPS) is 21.7. The first-order valence-electron chi connectivity index (χ1n) is 7.76. The maximum atomic E-state index is 13.6. The Morgan fingerprint density at radius 1 is 1.12 bits per heavy atom. The van der Waals surface area contributed by atoms with Gasteiger partial charge in [-0.1, -0.05) is 11.6 Å². The maximum Gasteiger partial charge on any atom is 0.244 e. The lowest BCUT2D eigenvalue weighted by molar-refractivity contribution is -0.0249. The molecule has 26 heavy (non-hydrogen) atoms. The zero-order chi connectivity index (χ0) is 18.9. The standard InChI is InChI=1S/C17H16ClF2NO4S/c18-12-1-3-16(4-2-12)26(23,24)21-15(8-22)9-25-10-17(21)11-5-13(19)7-14(20)6-11/h1-7,15,17,22H,8-10H2/t15-,17+/m1/s1. The molecule has 5 nitrogen and oxygen atoms in total. The van der Waals surface area contributed by atoms with Crippen molar-refractivity contribution in [3.05, 3.63) is 64.7 Å². The van der Waals surface area contributed by atoms with E-state index in [0.29, 0.717) is 11.1 Å². The summed E-state index contributed by atoms with van der Waals surface area (Å²) in [5, 5.41) is 10.0. The van der Waals surface area contributed by atoms with Crippen LogP contribution in [0, 0.1) is 11.6 Å². The van der Waals surface area contributed by atoms with Crippen LogP contribution in [0.15, 0.2) is 47.4 Å². The van der Waals surface area contributed by atoms with E-state index in [1.54, 1.807) is 0 Å². The summed E-state index contributed by atoms with van der Waals surface area (Å²) in [6, 6.07) is 6.49. The number of morpholine rings is 1. The molecule has 0 spiro atoms. The summed E-state index contributed by atoms with van der Waals surface area (Å²) in [5.41, 5.74) is 0.109. The van der Waals surface area contributed by atoms with Crippen LogP contribution in [0.25, 0.3) is 0 Å². The molecule has 0 bridgehead atoms. The molecule has 1 saturated heterocycles. The van der Waals surface area contributed by atoms with Gasteiger partial charge in [-0.2, -0.15) is 4.31 Å². The summed E-state index contributed by atoms with van der Waals surface area (Å²) < 4.78 is 60.0. The van der Waals surface area contributed by atoms with Crippen molar-refractivity contribution in [1.82, 2.24) is 4.31 Å². The highest BCUT2D eigenvalue weighted by Gasteiger charge is 2.41. The van der Waals surface area contributed by atoms with Crippen molar-refractivity contribution >= 4 is 21.6 Å². The average Bonchev–Trinajstić information content (AvgIpc) is 2.60. The van der Waals surface area contributed by atoms with Gasteiger partial charge >= 0.3 is 0 Å². The zero-order valence-corrected chi connectivity index (χ0v) is 15.1. The topological polar surface area (TPSA) is 66.8 Å². The molecule has 0 saturated carbocycles. The minimum absolute atomic E-state index is 0.0301. The molecule has 1 heterocycles. The molecule has 0 amide bonds. The van der Waals surface area contributed by atoms with E-state index in [4.69, 9.17) is 16.3 Å². The smallest absolute Gasteiger partial charge is 0.244 e. The van der Waals surface area contributed by atoms with Crippen molar-refractivity contribution in [2.45, 2.75) is 17.0 Å². The van der Waals surface area contributed by atoms with Crippen LogP contribution in [-0.2, 0) is 14.8 Å². The average molecular weight is 404 g/mol. The first kappa shape index (κ1) is 19.2. The quantitative estimate of drug-likeness (QED) is 0.852. The fourth-order valence-electron chi connectivity index (χ4n) is 2.95. The van der Waals surface area contributed by atoms with Gasteiger partial charge in [-0.15, -0.1) is 0 Å². The largest absolute Gasteiger partial charge is 0.395 e. The van der Waals surface area contributed by atoms with Crippen LogP contribution >= 0.6 is 11.6 Å². The van der Waals surface area contributed by atoms with Crippen LogP contribution in [0.4, 0.5) is 8.78 Å². The fraction of sp³-hybridized carbons (Fsp3) is 0.294. The molecule has 1 N–H and O–H groups in total. The van der Waals surface area contributed by atoms with Crippen LogP contribution in [0.3, 0.4) is 0 Å². The Kier molecular flexibility index (Phi) is 5.59. The molecule has 1 aliphatic rings. The summed E-state index contributed by atoms with van der Waals surface area (Å²) >= 11 is 5.81. The fourth-order valence-corrected chi connectivity index (χ4v) is 4.84. The van der Waals surface area contributed by atoms with Gasteiger partial charge in [0.05, 0.1) is 36.8 Å². The lowest BCUT2D eigenvalue weighted by Gasteiger charge is -2.40. The number of hydrogen-bond donors (Lipinski definition) is 1. The predicted octanol–water partition coefficient (Wildman–Crippen LogP) is 2.74. The van der Waals surface area contributed by atoms with Crippen LogP contribution in [0.5, 0.6) is 0 Å². The highest BCUT2D eigenvalue weighted by molar-refractivity contribution is 7.89. The summed E-state index contributed by atoms with van der Waals surface area (Å²) in [7, 11) is -4.07. The van der Waals surface area contributed by atoms with Crippen molar-refractivity contribution in [3.8, 4) is 0 Å². The number of ether oxygens (including phenoxy) is 1. The van der Waals surface area contributed by atoms with Crippen molar-refractivity contribution in [2.24, 2.45) is 0 Å². The van der Waals surface area contributed by atoms with Gasteiger partial charge in [0.1, 0.15) is 11.6 Å². The molecule has 3 rings (SSSR count). The van der Waals surface area contributed by atoms with E-state index in [0.717, 1.165) is 16.4 Å². The number of sulfonamides is 1. The highest BCUT2D eigenvalue weighted by Crippen LogP contribution is 2.34. The number of aliphatic hydroxyl groups excluding tert-OH is 1. The molecule has 2 aromatic carbocycles. The van der Waals surface area contributed by atoms with E-state index in [1.165, 1.54) is 24.3 Å². The summed E-state index contributed by atoms with van der Waals surface area (Å²) in [4.78, 5) is -0.0378. The Morgan fingerprint density at radius 2 is 1.73 bits per heavy atom. The van der Waals surface area contributed by atoms with Gasteiger partial charge in [0.15, 0.2) is 0 Å². The van der Waals surface area contributed by atoms with Crippen LogP contribution in [0.2, 0.25) is 5.02 Å². The number of benzene rings is 2. The lowest BCUT2D eigenvalue weighted by Crippen LogP contribution is -2.52. The molecule has 2 aromatic rings. The van der Waals surface area contributed by atoms with E-state index in [9.17, 15) is 22.3 Å². The van der Waals surface area contributed by atoms with Crippen LogP contribution in [-0.4, -0.2) is 43.7 Å². The van der Waals surface area contributed by atoms with E-state index < -0.39 is 40.3 Å². The Morgan fingerprint density at radius 3 is 2.31 bits per heavy atom. The Balaban J connectivity index is 2.09. The summed E-state index contributed by atoms with van der Waals surface area (Å²) in [6.07, 6.45) is 0. The number of hydrogen-bond acceptors (Lipinski definition) is 4. The molecule has 1 fully saturated rings. The SMILES string of the molecule is O=S(=O)(c1ccc(Cl)cc1)N1[C@H](CO)COC[C@H]1c1cc(F)cc(F)c1. The number of halogens is 3. The van der Waals surface area contributed by atoms with Crippen molar-refractivity contribution in [2.75, 3.05) is 19.8 Å². The molecule has 140 valence electrons. The van der Waals surface area contributed by atoms with Gasteiger partial charge in [-0.05, 0) is 42.0 Å². The molecular weight excluding hydrogens is 388 g/mol. The molecule has 0 aromatic heterocycles. The van der Waals surface area contributed by atoms with E-state index >= 15 is 0 Å². The maximum absolute atomic E-state index is 13.6. The van der Waals surface area contributed by atoms with Crippen LogP contribution < -0.4 is 0 Å². The Labute approximate surface area is 154 Å². The van der Waals surface area contributed by atoms with Crippen molar-refractivity contribution in [1.29, 1.82) is 0 Å². The molecule has 9 heteroatoms. The number of aliphatic hydroxyl groups is 1. The Bertz CT molecular complexity index is 872. The predicted molar refractivity (Wildman–Crippen MR) is 91.3 cm³/mol. The second-order valence-electron chi connectivity index (χ2n) is 5.88. The third-order valence-electron chi connectivity index (χ3n) is 4.12. The van der Waals surface area contributed by atoms with Gasteiger partial charge < -0.3 is 9.84 Å². The monoisotopic (exact) mass is 403 g/mol. The van der Waals surface area contributed by atoms with Gasteiger partial charge in [0.2, 0.25) is 10.0 Å². The van der Waals surface area contributed by atoms with Gasteiger partial charge in [0.25, 0.3) is 0 Å². The minimum atomic E-state index is -4.07. The second kappa shape index (κ2) is 7.58. The lowest BCUT2D eigenvalue weighted by atomic mass is 10.0. The summed E-state index contributed by atoms with van der Waals surface area (Å²) in [6.45, 7) is -0.620. The molecule has 0 aliphatic carbocycles. The van der Waals surface area contributed by atoms with Crippen molar-refractivity contribution in [3.63, 3.8) is 0 Å². The van der Waals surface area contributed by atoms with E-state index in [-0.39, 0.29) is 23.7 Å². The molecule has 1 aliphatic heterocycles. The van der Waals surface area contributed by atoms with E-state index in [2.05, 4.69) is 0 Å². The number of nitrogens with zero attached hydrogens (tertiary/aromatic N) is 1. The first-order valence-corrected chi connectivity index (χ1v) is 9.58. The molecule has 0 unspecified atom stereocenters. The minimum Gasteiger partial charge on any atom is -0.395 e. The molecular formula is C17H16ClF2NO4S. The van der Waals surface area contributed by atoms with Crippen molar-refractivity contribution < 1.29 is 27.0 Å². The van der Waals surface area contributed by atoms with Crippen LogP contribution in [0.1, 0.15) is 11.6 Å². The Hall–Kier alpha value is -1.58. The molecule has 2 atom stereocenters. The van der Waals surface area contributed by atoms with Gasteiger partial charge in [-0.25, -0.2) is 17.2 Å². The van der Waals surface area contributed by atoms with Gasteiger partial charge in [-0.3, -0.25) is 0 Å². The number of rotatable bonds is 4. The molecule has 0 radical (unpaired) electrons. The zero-order valence-electron chi connectivity index (χ0n) is 13.5. The van der Waals surface area contributed by atoms with Gasteiger partial charge in [0, 0.05) is 11.1 Å². The third kappa shape index (κ3) is 3.74. The first-order chi connectivity index (χ1) is 12.3. The third-order valence-corrected chi connectivity index (χ3v) is 6.35. The van der Waals surface area contributed by atoms with E-state index in [1.807, 2.05) is 0 Å². The summed E-state index contributed by atoms with van der Waals surface area (Å²) in [5.74, 6) is -1.65.